The molecule has 2 rings (SSSR count). The van der Waals surface area contributed by atoms with Crippen molar-refractivity contribution in [2.24, 2.45) is 11.8 Å². The Labute approximate surface area is 188 Å². The van der Waals surface area contributed by atoms with Crippen LogP contribution < -0.4 is 0 Å². The Morgan fingerprint density at radius 2 is 1.87 bits per heavy atom. The third kappa shape index (κ3) is 8.60. The molecular weight excluding hydrogens is 388 g/mol. The van der Waals surface area contributed by atoms with E-state index in [0.717, 1.165) is 75.3 Å². The number of benzene rings is 1. The van der Waals surface area contributed by atoms with Crippen molar-refractivity contribution in [3.63, 3.8) is 0 Å². The van der Waals surface area contributed by atoms with E-state index >= 15 is 0 Å². The van der Waals surface area contributed by atoms with Crippen LogP contribution in [0.15, 0.2) is 36.4 Å². The first-order chi connectivity index (χ1) is 15.1. The fraction of sp³-hybridized carbons (Fsp3) is 0.630. The predicted molar refractivity (Wildman–Crippen MR) is 126 cm³/mol. The minimum Gasteiger partial charge on any atom is -0.469 e. The zero-order chi connectivity index (χ0) is 22.5. The van der Waals surface area contributed by atoms with Gasteiger partial charge in [0.1, 0.15) is 5.78 Å². The third-order valence-electron chi connectivity index (χ3n) is 6.47. The van der Waals surface area contributed by atoms with Crippen LogP contribution in [0, 0.1) is 11.8 Å². The lowest BCUT2D eigenvalue weighted by Crippen LogP contribution is -2.16. The van der Waals surface area contributed by atoms with Gasteiger partial charge in [-0.3, -0.25) is 9.59 Å². The lowest BCUT2D eigenvalue weighted by atomic mass is 9.85. The quantitative estimate of drug-likeness (QED) is 0.286. The van der Waals surface area contributed by atoms with Crippen LogP contribution in [0.4, 0.5) is 0 Å². The summed E-state index contributed by atoms with van der Waals surface area (Å²) in [6.45, 7) is 2.17. The number of carbonyl (C=O) groups excluding carboxylic acids is 2. The van der Waals surface area contributed by atoms with E-state index in [4.69, 9.17) is 0 Å². The summed E-state index contributed by atoms with van der Waals surface area (Å²) in [7, 11) is 1.42. The number of aliphatic hydroxyl groups is 1. The lowest BCUT2D eigenvalue weighted by molar-refractivity contribution is -0.140. The second-order valence-electron chi connectivity index (χ2n) is 8.80. The molecule has 172 valence electrons. The molecule has 0 amide bonds. The van der Waals surface area contributed by atoms with Crippen molar-refractivity contribution in [2.75, 3.05) is 7.11 Å². The number of ether oxygens (including phenoxy) is 1. The van der Waals surface area contributed by atoms with Crippen LogP contribution in [0.2, 0.25) is 0 Å². The second kappa shape index (κ2) is 14.2. The van der Waals surface area contributed by atoms with Crippen LogP contribution in [-0.2, 0) is 14.3 Å². The molecule has 0 saturated heterocycles. The molecule has 0 bridgehead atoms. The molecule has 1 aliphatic carbocycles. The number of aliphatic hydroxyl groups excluding tert-OH is 1. The van der Waals surface area contributed by atoms with Crippen LogP contribution >= 0.6 is 0 Å². The fourth-order valence-corrected chi connectivity index (χ4v) is 4.60. The zero-order valence-electron chi connectivity index (χ0n) is 19.4. The van der Waals surface area contributed by atoms with Gasteiger partial charge >= 0.3 is 5.97 Å². The molecule has 4 heteroatoms. The van der Waals surface area contributed by atoms with Gasteiger partial charge in [0, 0.05) is 18.8 Å². The number of hydrogen-bond donors (Lipinski definition) is 1. The number of methoxy groups -OCH3 is 1. The highest BCUT2D eigenvalue weighted by Gasteiger charge is 2.33. The Morgan fingerprint density at radius 3 is 2.58 bits per heavy atom. The Balaban J connectivity index is 1.99. The monoisotopic (exact) mass is 428 g/mol. The number of esters is 1. The van der Waals surface area contributed by atoms with Crippen molar-refractivity contribution in [1.82, 2.24) is 0 Å². The van der Waals surface area contributed by atoms with Gasteiger partial charge in [-0.05, 0) is 42.7 Å². The number of carbonyl (C=O) groups is 2. The largest absolute Gasteiger partial charge is 0.469 e. The molecule has 1 aliphatic rings. The van der Waals surface area contributed by atoms with E-state index in [9.17, 15) is 14.7 Å². The van der Waals surface area contributed by atoms with Gasteiger partial charge in [0.2, 0.25) is 0 Å². The Kier molecular flexibility index (Phi) is 11.6. The molecule has 1 fully saturated rings. The molecule has 31 heavy (non-hydrogen) atoms. The van der Waals surface area contributed by atoms with Gasteiger partial charge < -0.3 is 9.84 Å². The molecule has 0 spiro atoms. The number of unbranched alkanes of at least 4 members (excludes halogenated alkanes) is 5. The molecule has 0 heterocycles. The smallest absolute Gasteiger partial charge is 0.305 e. The topological polar surface area (TPSA) is 63.6 Å². The maximum Gasteiger partial charge on any atom is 0.305 e. The van der Waals surface area contributed by atoms with Gasteiger partial charge in [0.05, 0.1) is 13.2 Å². The van der Waals surface area contributed by atoms with E-state index in [0.29, 0.717) is 18.6 Å². The first kappa shape index (κ1) is 25.3. The van der Waals surface area contributed by atoms with Gasteiger partial charge in [-0.25, -0.2) is 0 Å². The van der Waals surface area contributed by atoms with Crippen molar-refractivity contribution in [1.29, 1.82) is 0 Å². The molecule has 1 aromatic rings. The van der Waals surface area contributed by atoms with Gasteiger partial charge in [-0.2, -0.15) is 0 Å². The molecule has 1 N–H and O–H groups in total. The van der Waals surface area contributed by atoms with Crippen LogP contribution in [0.3, 0.4) is 0 Å². The van der Waals surface area contributed by atoms with Crippen LogP contribution in [0.5, 0.6) is 0 Å². The van der Waals surface area contributed by atoms with Crippen molar-refractivity contribution >= 4 is 17.3 Å². The van der Waals surface area contributed by atoms with Crippen molar-refractivity contribution < 1.29 is 19.4 Å². The van der Waals surface area contributed by atoms with Gasteiger partial charge in [-0.1, -0.05) is 81.9 Å². The summed E-state index contributed by atoms with van der Waals surface area (Å²) < 4.78 is 4.68. The van der Waals surface area contributed by atoms with Gasteiger partial charge in [0.15, 0.2) is 0 Å². The molecule has 3 atom stereocenters. The van der Waals surface area contributed by atoms with Crippen LogP contribution in [0.1, 0.15) is 89.5 Å². The fourth-order valence-electron chi connectivity index (χ4n) is 4.60. The molecule has 0 aromatic heterocycles. The molecule has 0 aliphatic heterocycles. The Hall–Kier alpha value is -1.94. The first-order valence-electron chi connectivity index (χ1n) is 12.1. The zero-order valence-corrected chi connectivity index (χ0v) is 19.4. The van der Waals surface area contributed by atoms with E-state index in [1.165, 1.54) is 7.11 Å². The average molecular weight is 429 g/mol. The van der Waals surface area contributed by atoms with Crippen molar-refractivity contribution in [3.8, 4) is 0 Å². The minimum atomic E-state index is -0.483. The van der Waals surface area contributed by atoms with E-state index < -0.39 is 6.10 Å². The van der Waals surface area contributed by atoms with Gasteiger partial charge in [-0.15, -0.1) is 0 Å². The molecule has 1 saturated carbocycles. The highest BCUT2D eigenvalue weighted by atomic mass is 16.5. The van der Waals surface area contributed by atoms with Crippen molar-refractivity contribution in [3.05, 3.63) is 42.0 Å². The van der Waals surface area contributed by atoms with E-state index in [-0.39, 0.29) is 17.8 Å². The Bertz CT molecular complexity index is 694. The molecular formula is C27H40O4. The first-order valence-corrected chi connectivity index (χ1v) is 12.1. The maximum atomic E-state index is 12.6. The van der Waals surface area contributed by atoms with Crippen molar-refractivity contribution in [2.45, 2.75) is 90.1 Å². The van der Waals surface area contributed by atoms with E-state index in [1.54, 1.807) is 0 Å². The summed E-state index contributed by atoms with van der Waals surface area (Å²) in [5.74, 6) is 0.478. The summed E-state index contributed by atoms with van der Waals surface area (Å²) in [5, 5.41) is 10.9. The lowest BCUT2D eigenvalue weighted by Gasteiger charge is -2.21. The number of Topliss-reactive ketones (excluding diaryl/α,β-unsaturated/α-hetero) is 1. The van der Waals surface area contributed by atoms with Crippen LogP contribution in [0.25, 0.3) is 5.57 Å². The summed E-state index contributed by atoms with van der Waals surface area (Å²) in [5.41, 5.74) is 2.05. The molecule has 1 aromatic carbocycles. The van der Waals surface area contributed by atoms with Gasteiger partial charge in [0.25, 0.3) is 0 Å². The number of allylic oxidation sites excluding steroid dienone is 1. The summed E-state index contributed by atoms with van der Waals surface area (Å²) in [4.78, 5) is 23.8. The number of rotatable bonds is 14. The summed E-state index contributed by atoms with van der Waals surface area (Å²) >= 11 is 0. The molecule has 1 unspecified atom stereocenters. The highest BCUT2D eigenvalue weighted by Crippen LogP contribution is 2.37. The number of ketones is 1. The second-order valence-corrected chi connectivity index (χ2v) is 8.80. The minimum absolute atomic E-state index is 0.0576. The van der Waals surface area contributed by atoms with E-state index in [2.05, 4.69) is 29.9 Å². The average Bonchev–Trinajstić information content (AvgIpc) is 3.13. The summed E-state index contributed by atoms with van der Waals surface area (Å²) in [6, 6.07) is 10.1. The Morgan fingerprint density at radius 1 is 1.13 bits per heavy atom. The standard InChI is InChI=1S/C27H40O4/c1-3-4-8-16-25(28)24(21-13-9-7-10-14-21)20-22-18-19-26(29)23(22)15-11-5-6-12-17-27(30)31-2/h7,9-10,13-14,20,22-23,25,28H,3-6,8,11-12,15-19H2,1-2H3/b24-20+/t22-,23-,25?/m1/s1. The SMILES string of the molecule is CCCCCC(O)/C(=C/[C@H]1CCC(=O)[C@@H]1CCCCCCC(=O)OC)c1ccccc1. The molecule has 0 radical (unpaired) electrons. The summed E-state index contributed by atoms with van der Waals surface area (Å²) in [6.07, 6.45) is 12.5. The van der Waals surface area contributed by atoms with Crippen LogP contribution in [-0.4, -0.2) is 30.1 Å². The van der Waals surface area contributed by atoms with E-state index in [1.807, 2.05) is 18.2 Å². The predicted octanol–water partition coefficient (Wildman–Crippen LogP) is 6.12. The third-order valence-corrected chi connectivity index (χ3v) is 6.47. The number of hydrogen-bond acceptors (Lipinski definition) is 4. The maximum absolute atomic E-state index is 12.6. The molecule has 4 nitrogen and oxygen atoms in total. The normalized spacial score (nSPS) is 20.1. The highest BCUT2D eigenvalue weighted by molar-refractivity contribution is 5.84.